The zero-order chi connectivity index (χ0) is 16.8. The van der Waals surface area contributed by atoms with Crippen LogP contribution in [-0.2, 0) is 6.42 Å². The van der Waals surface area contributed by atoms with Crippen molar-refractivity contribution in [1.29, 1.82) is 0 Å². The number of H-pyrrole nitrogens is 1. The van der Waals surface area contributed by atoms with Crippen LogP contribution >= 0.6 is 0 Å². The summed E-state index contributed by atoms with van der Waals surface area (Å²) >= 11 is 0. The van der Waals surface area contributed by atoms with Gasteiger partial charge in [-0.05, 0) is 44.2 Å². The third-order valence-corrected chi connectivity index (χ3v) is 4.69. The Labute approximate surface area is 144 Å². The van der Waals surface area contributed by atoms with Crippen LogP contribution in [0, 0.1) is 5.92 Å². The van der Waals surface area contributed by atoms with E-state index in [0.717, 1.165) is 67.8 Å². The van der Waals surface area contributed by atoms with E-state index >= 15 is 0 Å². The van der Waals surface area contributed by atoms with Gasteiger partial charge >= 0.3 is 0 Å². The Morgan fingerprint density at radius 3 is 2.88 bits per heavy atom. The van der Waals surface area contributed by atoms with E-state index in [1.54, 1.807) is 0 Å². The fraction of sp³-hybridized carbons (Fsp3) is 0.579. The number of piperidine rings is 1. The van der Waals surface area contributed by atoms with Crippen molar-refractivity contribution in [2.45, 2.75) is 39.5 Å². The van der Waals surface area contributed by atoms with Crippen LogP contribution in [0.25, 0.3) is 11.0 Å². The van der Waals surface area contributed by atoms with Gasteiger partial charge in [-0.25, -0.2) is 4.98 Å². The molecule has 0 aliphatic carbocycles. The predicted octanol–water partition coefficient (Wildman–Crippen LogP) is 3.19. The van der Waals surface area contributed by atoms with Crippen LogP contribution in [0.1, 0.15) is 38.9 Å². The molecule has 0 amide bonds. The third kappa shape index (κ3) is 4.28. The average molecular weight is 327 g/mol. The standard InChI is InChI=1S/C19H29N5/c1-3-20-19(24-13-10-15(2)11-14-24)21-12-6-9-18-22-16-7-4-5-8-17(16)23-18/h4-5,7-8,15H,3,6,9-14H2,1-2H3,(H,20,21)(H,22,23). The topological polar surface area (TPSA) is 56.3 Å². The molecule has 1 aliphatic rings. The Morgan fingerprint density at radius 2 is 2.12 bits per heavy atom. The van der Waals surface area contributed by atoms with E-state index < -0.39 is 0 Å². The van der Waals surface area contributed by atoms with Crippen LogP contribution in [0.2, 0.25) is 0 Å². The number of imidazole rings is 1. The number of aliphatic imine (C=N–C) groups is 1. The van der Waals surface area contributed by atoms with Gasteiger partial charge in [0.05, 0.1) is 11.0 Å². The maximum Gasteiger partial charge on any atom is 0.193 e. The molecule has 1 saturated heterocycles. The van der Waals surface area contributed by atoms with Crippen molar-refractivity contribution in [3.8, 4) is 0 Å². The van der Waals surface area contributed by atoms with Crippen LogP contribution < -0.4 is 5.32 Å². The molecule has 1 fully saturated rings. The second kappa shape index (κ2) is 8.18. The fourth-order valence-electron chi connectivity index (χ4n) is 3.20. The normalized spacial score (nSPS) is 16.8. The minimum atomic E-state index is 0.839. The maximum absolute atomic E-state index is 4.82. The number of nitrogens with zero attached hydrogens (tertiary/aromatic N) is 3. The summed E-state index contributed by atoms with van der Waals surface area (Å²) in [5.74, 6) is 2.98. The summed E-state index contributed by atoms with van der Waals surface area (Å²) < 4.78 is 0. The average Bonchev–Trinajstić information content (AvgIpc) is 3.01. The van der Waals surface area contributed by atoms with Crippen molar-refractivity contribution in [1.82, 2.24) is 20.2 Å². The number of hydrogen-bond acceptors (Lipinski definition) is 2. The van der Waals surface area contributed by atoms with Crippen LogP contribution in [0.3, 0.4) is 0 Å². The van der Waals surface area contributed by atoms with Gasteiger partial charge in [-0.3, -0.25) is 4.99 Å². The summed E-state index contributed by atoms with van der Waals surface area (Å²) in [5, 5.41) is 3.44. The van der Waals surface area contributed by atoms with Gasteiger partial charge < -0.3 is 15.2 Å². The summed E-state index contributed by atoms with van der Waals surface area (Å²) in [7, 11) is 0. The summed E-state index contributed by atoms with van der Waals surface area (Å²) in [6.45, 7) is 8.48. The molecule has 130 valence electrons. The summed E-state index contributed by atoms with van der Waals surface area (Å²) in [5.41, 5.74) is 2.17. The summed E-state index contributed by atoms with van der Waals surface area (Å²) in [6, 6.07) is 8.19. The highest BCUT2D eigenvalue weighted by Gasteiger charge is 2.18. The molecule has 0 radical (unpaired) electrons. The van der Waals surface area contributed by atoms with E-state index in [1.165, 1.54) is 12.8 Å². The Bertz CT molecular complexity index is 634. The van der Waals surface area contributed by atoms with Gasteiger partial charge in [0.15, 0.2) is 5.96 Å². The number of likely N-dealkylation sites (tertiary alicyclic amines) is 1. The lowest BCUT2D eigenvalue weighted by Gasteiger charge is -2.33. The molecule has 1 aliphatic heterocycles. The lowest BCUT2D eigenvalue weighted by molar-refractivity contribution is 0.273. The lowest BCUT2D eigenvalue weighted by atomic mass is 10.00. The molecule has 0 spiro atoms. The van der Waals surface area contributed by atoms with Gasteiger partial charge in [0, 0.05) is 32.6 Å². The second-order valence-electron chi connectivity index (χ2n) is 6.71. The molecular formula is C19H29N5. The van der Waals surface area contributed by atoms with Gasteiger partial charge in [0.2, 0.25) is 0 Å². The van der Waals surface area contributed by atoms with Crippen molar-refractivity contribution in [3.05, 3.63) is 30.1 Å². The molecule has 24 heavy (non-hydrogen) atoms. The molecule has 0 unspecified atom stereocenters. The van der Waals surface area contributed by atoms with Crippen LogP contribution in [0.4, 0.5) is 0 Å². The molecule has 0 atom stereocenters. The molecule has 5 nitrogen and oxygen atoms in total. The van der Waals surface area contributed by atoms with Gasteiger partial charge in [-0.2, -0.15) is 0 Å². The largest absolute Gasteiger partial charge is 0.357 e. The van der Waals surface area contributed by atoms with Crippen LogP contribution in [0.15, 0.2) is 29.3 Å². The molecule has 3 rings (SSSR count). The maximum atomic E-state index is 4.82. The zero-order valence-electron chi connectivity index (χ0n) is 14.9. The molecule has 1 aromatic heterocycles. The lowest BCUT2D eigenvalue weighted by Crippen LogP contribution is -2.45. The zero-order valence-corrected chi connectivity index (χ0v) is 14.9. The number of hydrogen-bond donors (Lipinski definition) is 2. The van der Waals surface area contributed by atoms with E-state index in [1.807, 2.05) is 18.2 Å². The van der Waals surface area contributed by atoms with Crippen molar-refractivity contribution >= 4 is 17.0 Å². The highest BCUT2D eigenvalue weighted by molar-refractivity contribution is 5.80. The Hall–Kier alpha value is -2.04. The molecule has 1 aromatic carbocycles. The van der Waals surface area contributed by atoms with Gasteiger partial charge in [-0.15, -0.1) is 0 Å². The van der Waals surface area contributed by atoms with Gasteiger partial charge in [0.25, 0.3) is 0 Å². The number of fused-ring (bicyclic) bond motifs is 1. The van der Waals surface area contributed by atoms with E-state index in [2.05, 4.69) is 40.1 Å². The van der Waals surface area contributed by atoms with Crippen molar-refractivity contribution in [2.24, 2.45) is 10.9 Å². The van der Waals surface area contributed by atoms with Crippen molar-refractivity contribution in [3.63, 3.8) is 0 Å². The minimum absolute atomic E-state index is 0.839. The molecule has 0 saturated carbocycles. The van der Waals surface area contributed by atoms with Crippen molar-refractivity contribution < 1.29 is 0 Å². The van der Waals surface area contributed by atoms with Crippen LogP contribution in [0.5, 0.6) is 0 Å². The second-order valence-corrected chi connectivity index (χ2v) is 6.71. The number of para-hydroxylation sites is 2. The number of benzene rings is 1. The SMILES string of the molecule is CCNC(=NCCCc1nc2ccccc2[nH]1)N1CCC(C)CC1. The van der Waals surface area contributed by atoms with Gasteiger partial charge in [-0.1, -0.05) is 19.1 Å². The Morgan fingerprint density at radius 1 is 1.33 bits per heavy atom. The smallest absolute Gasteiger partial charge is 0.193 e. The number of aryl methyl sites for hydroxylation is 1. The predicted molar refractivity (Wildman–Crippen MR) is 100 cm³/mol. The van der Waals surface area contributed by atoms with Crippen molar-refractivity contribution in [2.75, 3.05) is 26.2 Å². The van der Waals surface area contributed by atoms with E-state index in [-0.39, 0.29) is 0 Å². The first-order valence-corrected chi connectivity index (χ1v) is 9.23. The first kappa shape index (κ1) is 16.8. The number of nitrogens with one attached hydrogen (secondary N) is 2. The Kier molecular flexibility index (Phi) is 5.72. The van der Waals surface area contributed by atoms with E-state index in [4.69, 9.17) is 4.99 Å². The highest BCUT2D eigenvalue weighted by Crippen LogP contribution is 2.16. The highest BCUT2D eigenvalue weighted by atomic mass is 15.3. The Balaban J connectivity index is 1.52. The first-order chi connectivity index (χ1) is 11.8. The number of guanidine groups is 1. The van der Waals surface area contributed by atoms with Gasteiger partial charge in [0.1, 0.15) is 5.82 Å². The number of aromatic nitrogens is 2. The third-order valence-electron chi connectivity index (χ3n) is 4.69. The molecule has 2 aromatic rings. The van der Waals surface area contributed by atoms with E-state index in [0.29, 0.717) is 0 Å². The first-order valence-electron chi connectivity index (χ1n) is 9.23. The fourth-order valence-corrected chi connectivity index (χ4v) is 3.20. The molecule has 0 bridgehead atoms. The molecule has 5 heteroatoms. The number of rotatable bonds is 5. The molecule has 2 heterocycles. The number of aromatic amines is 1. The quantitative estimate of drug-likeness (QED) is 0.504. The van der Waals surface area contributed by atoms with E-state index in [9.17, 15) is 0 Å². The summed E-state index contributed by atoms with van der Waals surface area (Å²) in [6.07, 6.45) is 4.49. The minimum Gasteiger partial charge on any atom is -0.357 e. The van der Waals surface area contributed by atoms with Crippen LogP contribution in [-0.4, -0.2) is 47.0 Å². The summed E-state index contributed by atoms with van der Waals surface area (Å²) in [4.78, 5) is 15.3. The molecular weight excluding hydrogens is 298 g/mol. The monoisotopic (exact) mass is 327 g/mol. The molecule has 2 N–H and O–H groups in total.